The number of para-hydroxylation sites is 1. The molecule has 29 heavy (non-hydrogen) atoms. The molecule has 1 saturated heterocycles. The van der Waals surface area contributed by atoms with Crippen molar-refractivity contribution < 1.29 is 19.8 Å². The summed E-state index contributed by atoms with van der Waals surface area (Å²) in [7, 11) is 1.60. The summed E-state index contributed by atoms with van der Waals surface area (Å²) in [5.41, 5.74) is 3.59. The molecule has 0 aliphatic carbocycles. The van der Waals surface area contributed by atoms with Gasteiger partial charge in [-0.25, -0.2) is 5.48 Å². The Morgan fingerprint density at radius 1 is 1.24 bits per heavy atom. The molecule has 8 heteroatoms. The third-order valence-electron chi connectivity index (χ3n) is 4.80. The standard InChI is InChI=1S/C21H25N3O4S/c1-28-17-7-8-19(25)20(14-17)29-23-16-10-12-24(13-11-16)18-5-3-2-4-15(18)6-9-21(26)22-27/h2-9,14,16,23,25,27H,10-13H2,1H3,(H,22,26)/b9-6+. The molecule has 0 saturated carbocycles. The van der Waals surface area contributed by atoms with Gasteiger partial charge in [0.05, 0.1) is 12.0 Å². The van der Waals surface area contributed by atoms with Crippen LogP contribution in [0, 0.1) is 0 Å². The first-order valence-corrected chi connectivity index (χ1v) is 10.2. The largest absolute Gasteiger partial charge is 0.507 e. The number of anilines is 1. The number of hydroxylamine groups is 1. The third-order valence-corrected chi connectivity index (χ3v) is 5.80. The fourth-order valence-corrected chi connectivity index (χ4v) is 4.08. The molecular formula is C21H25N3O4S. The molecule has 154 valence electrons. The van der Waals surface area contributed by atoms with E-state index in [2.05, 4.69) is 9.62 Å². The Morgan fingerprint density at radius 2 is 2.00 bits per heavy atom. The van der Waals surface area contributed by atoms with Crippen molar-refractivity contribution >= 4 is 29.6 Å². The van der Waals surface area contributed by atoms with Crippen LogP contribution in [0.5, 0.6) is 11.5 Å². The number of carbonyl (C=O) groups is 1. The van der Waals surface area contributed by atoms with Gasteiger partial charge in [0.25, 0.3) is 5.91 Å². The molecule has 1 aliphatic rings. The van der Waals surface area contributed by atoms with E-state index < -0.39 is 5.91 Å². The van der Waals surface area contributed by atoms with Crippen LogP contribution >= 0.6 is 11.9 Å². The number of piperidine rings is 1. The highest BCUT2D eigenvalue weighted by Gasteiger charge is 2.21. The first kappa shape index (κ1) is 21.0. The maximum Gasteiger partial charge on any atom is 0.267 e. The summed E-state index contributed by atoms with van der Waals surface area (Å²) in [5.74, 6) is 0.385. The average molecular weight is 416 g/mol. The molecule has 0 radical (unpaired) electrons. The van der Waals surface area contributed by atoms with Crippen molar-refractivity contribution in [2.75, 3.05) is 25.1 Å². The van der Waals surface area contributed by atoms with Crippen LogP contribution < -0.4 is 19.8 Å². The number of phenolic OH excluding ortho intramolecular Hbond substituents is 1. The van der Waals surface area contributed by atoms with Gasteiger partial charge in [0.1, 0.15) is 11.5 Å². The topological polar surface area (TPSA) is 94.1 Å². The van der Waals surface area contributed by atoms with E-state index in [-0.39, 0.29) is 5.75 Å². The molecular weight excluding hydrogens is 390 g/mol. The molecule has 0 aromatic heterocycles. The predicted molar refractivity (Wildman–Crippen MR) is 114 cm³/mol. The van der Waals surface area contributed by atoms with Gasteiger partial charge in [0.2, 0.25) is 0 Å². The van der Waals surface area contributed by atoms with Crippen LogP contribution in [0.15, 0.2) is 53.4 Å². The van der Waals surface area contributed by atoms with Gasteiger partial charge in [0.15, 0.2) is 0 Å². The van der Waals surface area contributed by atoms with Crippen molar-refractivity contribution in [1.29, 1.82) is 0 Å². The molecule has 0 atom stereocenters. The molecule has 1 aliphatic heterocycles. The highest BCUT2D eigenvalue weighted by atomic mass is 32.2. The third kappa shape index (κ3) is 5.66. The van der Waals surface area contributed by atoms with Crippen molar-refractivity contribution in [3.05, 3.63) is 54.1 Å². The van der Waals surface area contributed by atoms with Crippen LogP contribution in [0.4, 0.5) is 5.69 Å². The number of nitrogens with one attached hydrogen (secondary N) is 2. The summed E-state index contributed by atoms with van der Waals surface area (Å²) in [4.78, 5) is 14.3. The summed E-state index contributed by atoms with van der Waals surface area (Å²) >= 11 is 1.42. The minimum absolute atomic E-state index is 0.230. The van der Waals surface area contributed by atoms with E-state index in [1.165, 1.54) is 18.0 Å². The van der Waals surface area contributed by atoms with Gasteiger partial charge in [-0.15, -0.1) is 0 Å². The fourth-order valence-electron chi connectivity index (χ4n) is 3.21. The number of nitrogens with zero attached hydrogens (tertiary/aromatic N) is 1. The molecule has 0 bridgehead atoms. The van der Waals surface area contributed by atoms with Crippen molar-refractivity contribution in [2.45, 2.75) is 23.8 Å². The van der Waals surface area contributed by atoms with Crippen molar-refractivity contribution in [3.63, 3.8) is 0 Å². The number of benzene rings is 2. The summed E-state index contributed by atoms with van der Waals surface area (Å²) in [6, 6.07) is 13.4. The van der Waals surface area contributed by atoms with Crippen LogP contribution in [0.1, 0.15) is 18.4 Å². The Balaban J connectivity index is 1.57. The highest BCUT2D eigenvalue weighted by molar-refractivity contribution is 7.97. The molecule has 0 spiro atoms. The van der Waals surface area contributed by atoms with E-state index in [0.29, 0.717) is 11.8 Å². The first-order chi connectivity index (χ1) is 14.1. The molecule has 2 aromatic rings. The Morgan fingerprint density at radius 3 is 2.72 bits per heavy atom. The van der Waals surface area contributed by atoms with Gasteiger partial charge in [0, 0.05) is 30.9 Å². The lowest BCUT2D eigenvalue weighted by Gasteiger charge is -2.34. The monoisotopic (exact) mass is 415 g/mol. The van der Waals surface area contributed by atoms with Gasteiger partial charge in [-0.3, -0.25) is 14.7 Å². The Labute approximate surface area is 174 Å². The molecule has 0 unspecified atom stereocenters. The smallest absolute Gasteiger partial charge is 0.267 e. The van der Waals surface area contributed by atoms with Crippen molar-refractivity contribution in [1.82, 2.24) is 10.2 Å². The van der Waals surface area contributed by atoms with E-state index in [1.54, 1.807) is 30.8 Å². The Bertz CT molecular complexity index is 867. The van der Waals surface area contributed by atoms with Crippen LogP contribution in [0.2, 0.25) is 0 Å². The van der Waals surface area contributed by atoms with Gasteiger partial charge < -0.3 is 14.7 Å². The number of phenols is 1. The lowest BCUT2D eigenvalue weighted by atomic mass is 10.0. The van der Waals surface area contributed by atoms with E-state index in [1.807, 2.05) is 30.3 Å². The Kier molecular flexibility index (Phi) is 7.40. The number of aromatic hydroxyl groups is 1. The van der Waals surface area contributed by atoms with E-state index in [9.17, 15) is 9.90 Å². The van der Waals surface area contributed by atoms with Crippen molar-refractivity contribution in [2.24, 2.45) is 0 Å². The zero-order valence-corrected chi connectivity index (χ0v) is 17.0. The zero-order chi connectivity index (χ0) is 20.6. The Hall–Kier alpha value is -2.68. The summed E-state index contributed by atoms with van der Waals surface area (Å²) in [5, 5.41) is 18.7. The van der Waals surface area contributed by atoms with Crippen molar-refractivity contribution in [3.8, 4) is 11.5 Å². The molecule has 7 nitrogen and oxygen atoms in total. The number of carbonyl (C=O) groups excluding carboxylic acids is 1. The average Bonchev–Trinajstić information content (AvgIpc) is 2.77. The number of ether oxygens (including phenoxy) is 1. The van der Waals surface area contributed by atoms with E-state index >= 15 is 0 Å². The SMILES string of the molecule is COc1ccc(O)c(SNC2CCN(c3ccccc3/C=C/C(=O)NO)CC2)c1. The van der Waals surface area contributed by atoms with Gasteiger partial charge in [-0.05, 0) is 60.7 Å². The summed E-state index contributed by atoms with van der Waals surface area (Å²) in [6.07, 6.45) is 4.91. The number of methoxy groups -OCH3 is 1. The number of hydrogen-bond acceptors (Lipinski definition) is 7. The van der Waals surface area contributed by atoms with Gasteiger partial charge in [-0.2, -0.15) is 0 Å². The number of hydrogen-bond donors (Lipinski definition) is 4. The van der Waals surface area contributed by atoms with Crippen LogP contribution in [-0.4, -0.2) is 42.5 Å². The molecule has 4 N–H and O–H groups in total. The first-order valence-electron chi connectivity index (χ1n) is 9.36. The van der Waals surface area contributed by atoms with E-state index in [0.717, 1.165) is 42.1 Å². The van der Waals surface area contributed by atoms with E-state index in [4.69, 9.17) is 9.94 Å². The lowest BCUT2D eigenvalue weighted by Crippen LogP contribution is -2.40. The molecule has 1 heterocycles. The van der Waals surface area contributed by atoms with Crippen LogP contribution in [0.25, 0.3) is 6.08 Å². The fraction of sp³-hybridized carbons (Fsp3) is 0.286. The maximum atomic E-state index is 11.3. The van der Waals surface area contributed by atoms with Gasteiger partial charge in [-0.1, -0.05) is 18.2 Å². The molecule has 2 aromatic carbocycles. The second kappa shape index (κ2) is 10.2. The zero-order valence-electron chi connectivity index (χ0n) is 16.2. The second-order valence-corrected chi connectivity index (χ2v) is 7.56. The summed E-state index contributed by atoms with van der Waals surface area (Å²) < 4.78 is 8.66. The summed E-state index contributed by atoms with van der Waals surface area (Å²) in [6.45, 7) is 1.75. The highest BCUT2D eigenvalue weighted by Crippen LogP contribution is 2.32. The second-order valence-electron chi connectivity index (χ2n) is 6.68. The van der Waals surface area contributed by atoms with Gasteiger partial charge >= 0.3 is 0 Å². The number of rotatable bonds is 7. The lowest BCUT2D eigenvalue weighted by molar-refractivity contribution is -0.124. The minimum Gasteiger partial charge on any atom is -0.507 e. The molecule has 1 amide bonds. The quantitative estimate of drug-likeness (QED) is 0.239. The molecule has 3 rings (SSSR count). The predicted octanol–water partition coefficient (Wildman–Crippen LogP) is 3.19. The van der Waals surface area contributed by atoms with Crippen LogP contribution in [0.3, 0.4) is 0 Å². The normalized spacial score (nSPS) is 14.9. The molecule has 1 fully saturated rings. The minimum atomic E-state index is -0.555. The maximum absolute atomic E-state index is 11.3. The number of amides is 1. The van der Waals surface area contributed by atoms with Crippen LogP contribution in [-0.2, 0) is 4.79 Å².